The van der Waals surface area contributed by atoms with Gasteiger partial charge in [-0.3, -0.25) is 4.79 Å². The summed E-state index contributed by atoms with van der Waals surface area (Å²) in [5.74, 6) is 0.177. The smallest absolute Gasteiger partial charge is 0.268 e. The Morgan fingerprint density at radius 3 is 2.79 bits per heavy atom. The number of anilines is 2. The average molecular weight is 284 g/mol. The number of nitrogens with zero attached hydrogens (tertiary/aromatic N) is 3. The van der Waals surface area contributed by atoms with Gasteiger partial charge in [0.05, 0.1) is 6.61 Å². The molecule has 2 rings (SSSR count). The van der Waals surface area contributed by atoms with E-state index in [2.05, 4.69) is 4.98 Å². The molecule has 1 aliphatic rings. The molecule has 0 unspecified atom stereocenters. The number of aromatic nitrogens is 1. The molecule has 7 heteroatoms. The van der Waals surface area contributed by atoms with E-state index in [1.54, 1.807) is 4.90 Å². The van der Waals surface area contributed by atoms with E-state index in [0.29, 0.717) is 11.4 Å². The summed E-state index contributed by atoms with van der Waals surface area (Å²) in [5.41, 5.74) is 5.85. The Morgan fingerprint density at radius 1 is 1.58 bits per heavy atom. The summed E-state index contributed by atoms with van der Waals surface area (Å²) in [7, 11) is 1.92. The van der Waals surface area contributed by atoms with Crippen LogP contribution in [0.5, 0.6) is 0 Å². The standard InChI is InChI=1S/C12H20N4O2S/c1-3-15(2)12-14-10(13)9(19-12)11(18)16(6-7-17)8-4-5-8/h8,17H,3-7,13H2,1-2H3. The lowest BCUT2D eigenvalue weighted by Gasteiger charge is -2.20. The van der Waals surface area contributed by atoms with Crippen LogP contribution >= 0.6 is 11.3 Å². The summed E-state index contributed by atoms with van der Waals surface area (Å²) in [6, 6.07) is 0.258. The highest BCUT2D eigenvalue weighted by Crippen LogP contribution is 2.33. The molecule has 0 aliphatic heterocycles. The molecular weight excluding hydrogens is 264 g/mol. The van der Waals surface area contributed by atoms with Gasteiger partial charge in [-0.2, -0.15) is 0 Å². The second-order valence-electron chi connectivity index (χ2n) is 4.68. The van der Waals surface area contributed by atoms with E-state index in [9.17, 15) is 4.79 Å². The number of nitrogens with two attached hydrogens (primary N) is 1. The van der Waals surface area contributed by atoms with E-state index in [4.69, 9.17) is 10.8 Å². The zero-order valence-corrected chi connectivity index (χ0v) is 12.1. The van der Waals surface area contributed by atoms with Crippen LogP contribution < -0.4 is 10.6 Å². The van der Waals surface area contributed by atoms with Gasteiger partial charge < -0.3 is 20.6 Å². The van der Waals surface area contributed by atoms with Crippen LogP contribution in [0.2, 0.25) is 0 Å². The lowest BCUT2D eigenvalue weighted by atomic mass is 10.3. The van der Waals surface area contributed by atoms with Gasteiger partial charge in [0.25, 0.3) is 5.91 Å². The molecule has 0 spiro atoms. The van der Waals surface area contributed by atoms with Gasteiger partial charge >= 0.3 is 0 Å². The van der Waals surface area contributed by atoms with Gasteiger partial charge in [0.2, 0.25) is 0 Å². The fraction of sp³-hybridized carbons (Fsp3) is 0.667. The minimum Gasteiger partial charge on any atom is -0.395 e. The molecule has 1 amide bonds. The number of thiazole rings is 1. The van der Waals surface area contributed by atoms with Crippen molar-refractivity contribution in [2.75, 3.05) is 37.4 Å². The summed E-state index contributed by atoms with van der Waals surface area (Å²) >= 11 is 1.32. The highest BCUT2D eigenvalue weighted by Gasteiger charge is 2.34. The molecule has 1 saturated carbocycles. The second kappa shape index (κ2) is 5.75. The molecule has 1 aromatic heterocycles. The number of aliphatic hydroxyl groups excluding tert-OH is 1. The van der Waals surface area contributed by atoms with Crippen molar-refractivity contribution in [1.29, 1.82) is 0 Å². The molecule has 0 saturated heterocycles. The van der Waals surface area contributed by atoms with Crippen LogP contribution in [-0.4, -0.2) is 53.7 Å². The molecule has 6 nitrogen and oxygen atoms in total. The maximum absolute atomic E-state index is 12.4. The highest BCUT2D eigenvalue weighted by molar-refractivity contribution is 7.18. The van der Waals surface area contributed by atoms with Crippen LogP contribution in [0.4, 0.5) is 10.9 Å². The third kappa shape index (κ3) is 2.98. The summed E-state index contributed by atoms with van der Waals surface area (Å²) in [5, 5.41) is 9.82. The Labute approximate surface area is 116 Å². The molecule has 1 aliphatic carbocycles. The normalized spacial score (nSPS) is 14.5. The quantitative estimate of drug-likeness (QED) is 0.806. The van der Waals surface area contributed by atoms with Crippen molar-refractivity contribution in [2.24, 2.45) is 0 Å². The number of hydrogen-bond acceptors (Lipinski definition) is 6. The van der Waals surface area contributed by atoms with Gasteiger partial charge in [-0.05, 0) is 19.8 Å². The minimum absolute atomic E-state index is 0.0251. The van der Waals surface area contributed by atoms with Gasteiger partial charge in [0.1, 0.15) is 10.7 Å². The maximum Gasteiger partial charge on any atom is 0.268 e. The third-order valence-electron chi connectivity index (χ3n) is 3.23. The molecule has 0 radical (unpaired) electrons. The molecule has 0 bridgehead atoms. The fourth-order valence-corrected chi connectivity index (χ4v) is 2.81. The molecule has 1 fully saturated rings. The first-order valence-corrected chi connectivity index (χ1v) is 7.29. The average Bonchev–Trinajstić information content (AvgIpc) is 3.16. The lowest BCUT2D eigenvalue weighted by Crippen LogP contribution is -2.35. The molecule has 0 atom stereocenters. The Kier molecular flexibility index (Phi) is 4.26. The largest absolute Gasteiger partial charge is 0.395 e. The van der Waals surface area contributed by atoms with Crippen molar-refractivity contribution in [3.63, 3.8) is 0 Å². The van der Waals surface area contributed by atoms with Crippen molar-refractivity contribution in [1.82, 2.24) is 9.88 Å². The first-order valence-electron chi connectivity index (χ1n) is 6.47. The van der Waals surface area contributed by atoms with E-state index in [-0.39, 0.29) is 24.4 Å². The minimum atomic E-state index is -0.109. The molecule has 1 heterocycles. The van der Waals surface area contributed by atoms with Gasteiger partial charge in [0, 0.05) is 26.2 Å². The molecule has 0 aromatic carbocycles. The first-order chi connectivity index (χ1) is 9.08. The molecule has 106 valence electrons. The Balaban J connectivity index is 2.19. The third-order valence-corrected chi connectivity index (χ3v) is 4.40. The Hall–Kier alpha value is -1.34. The van der Waals surface area contributed by atoms with E-state index in [1.165, 1.54) is 11.3 Å². The van der Waals surface area contributed by atoms with E-state index >= 15 is 0 Å². The Morgan fingerprint density at radius 2 is 2.26 bits per heavy atom. The SMILES string of the molecule is CCN(C)c1nc(N)c(C(=O)N(CCO)C2CC2)s1. The topological polar surface area (TPSA) is 82.7 Å². The number of nitrogen functional groups attached to an aromatic ring is 1. The van der Waals surface area contributed by atoms with Crippen LogP contribution in [0, 0.1) is 0 Å². The number of rotatable bonds is 6. The number of amides is 1. The van der Waals surface area contributed by atoms with Crippen molar-refractivity contribution in [3.05, 3.63) is 4.88 Å². The van der Waals surface area contributed by atoms with Crippen LogP contribution in [0.25, 0.3) is 0 Å². The van der Waals surface area contributed by atoms with Crippen molar-refractivity contribution >= 4 is 28.2 Å². The zero-order chi connectivity index (χ0) is 14.0. The van der Waals surface area contributed by atoms with Crippen molar-refractivity contribution in [3.8, 4) is 0 Å². The summed E-state index contributed by atoms with van der Waals surface area (Å²) in [6.07, 6.45) is 2.01. The van der Waals surface area contributed by atoms with Gasteiger partial charge in [-0.1, -0.05) is 11.3 Å². The number of hydrogen-bond donors (Lipinski definition) is 2. The van der Waals surface area contributed by atoms with Crippen LogP contribution in [0.15, 0.2) is 0 Å². The number of aliphatic hydroxyl groups is 1. The van der Waals surface area contributed by atoms with Gasteiger partial charge in [-0.15, -0.1) is 0 Å². The molecule has 19 heavy (non-hydrogen) atoms. The van der Waals surface area contributed by atoms with E-state index in [1.807, 2.05) is 18.9 Å². The van der Waals surface area contributed by atoms with Crippen molar-refractivity contribution < 1.29 is 9.90 Å². The second-order valence-corrected chi connectivity index (χ2v) is 5.66. The first kappa shape index (κ1) is 14.1. The summed E-state index contributed by atoms with van der Waals surface area (Å²) in [6.45, 7) is 3.16. The van der Waals surface area contributed by atoms with Gasteiger partial charge in [0.15, 0.2) is 5.13 Å². The van der Waals surface area contributed by atoms with E-state index in [0.717, 1.165) is 24.5 Å². The van der Waals surface area contributed by atoms with Crippen LogP contribution in [-0.2, 0) is 0 Å². The van der Waals surface area contributed by atoms with Crippen molar-refractivity contribution in [2.45, 2.75) is 25.8 Å². The summed E-state index contributed by atoms with van der Waals surface area (Å²) in [4.78, 5) is 20.8. The highest BCUT2D eigenvalue weighted by atomic mass is 32.1. The van der Waals surface area contributed by atoms with Gasteiger partial charge in [-0.25, -0.2) is 4.98 Å². The van der Waals surface area contributed by atoms with E-state index < -0.39 is 0 Å². The number of carbonyl (C=O) groups is 1. The predicted octanol–water partition coefficient (Wildman–Crippen LogP) is 0.778. The monoisotopic (exact) mass is 284 g/mol. The molecule has 1 aromatic rings. The zero-order valence-electron chi connectivity index (χ0n) is 11.3. The lowest BCUT2D eigenvalue weighted by molar-refractivity contribution is 0.0713. The molecule has 3 N–H and O–H groups in total. The fourth-order valence-electron chi connectivity index (χ4n) is 1.85. The Bertz CT molecular complexity index is 459. The van der Waals surface area contributed by atoms with Crippen LogP contribution in [0.3, 0.4) is 0 Å². The predicted molar refractivity (Wildman–Crippen MR) is 76.6 cm³/mol. The summed E-state index contributed by atoms with van der Waals surface area (Å²) < 4.78 is 0. The maximum atomic E-state index is 12.4. The molecular formula is C12H20N4O2S. The number of carbonyl (C=O) groups excluding carboxylic acids is 1. The van der Waals surface area contributed by atoms with Crippen LogP contribution in [0.1, 0.15) is 29.4 Å².